The lowest BCUT2D eigenvalue weighted by Gasteiger charge is -2.08. The minimum atomic E-state index is -0.155. The molecule has 0 saturated heterocycles. The van der Waals surface area contributed by atoms with Crippen molar-refractivity contribution in [2.75, 3.05) is 5.32 Å². The molecule has 4 aromatic heterocycles. The van der Waals surface area contributed by atoms with Gasteiger partial charge in [0.05, 0.1) is 5.69 Å². The second-order valence-electron chi connectivity index (χ2n) is 7.37. The minimum absolute atomic E-state index is 0.155. The molecule has 2 N–H and O–H groups in total. The van der Waals surface area contributed by atoms with Crippen LogP contribution in [0.5, 0.6) is 0 Å². The van der Waals surface area contributed by atoms with Crippen LogP contribution in [0.3, 0.4) is 0 Å². The third-order valence-electron chi connectivity index (χ3n) is 5.22. The molecule has 5 rings (SSSR count). The second-order valence-corrected chi connectivity index (χ2v) is 8.23. The monoisotopic (exact) mass is 427 g/mol. The first-order valence-electron chi connectivity index (χ1n) is 10.1. The summed E-state index contributed by atoms with van der Waals surface area (Å²) in [6.07, 6.45) is 9.12. The van der Waals surface area contributed by atoms with Crippen molar-refractivity contribution >= 4 is 33.3 Å². The van der Waals surface area contributed by atoms with E-state index < -0.39 is 0 Å². The quantitative estimate of drug-likeness (QED) is 0.388. The molecule has 0 spiro atoms. The van der Waals surface area contributed by atoms with Gasteiger partial charge >= 0.3 is 0 Å². The summed E-state index contributed by atoms with van der Waals surface area (Å²) in [5.74, 6) is -0.155. The summed E-state index contributed by atoms with van der Waals surface area (Å²) in [6.45, 7) is 0.618. The molecule has 0 aliphatic rings. The Balaban J connectivity index is 1.21. The molecule has 1 aromatic carbocycles. The number of H-pyrrole nitrogens is 1. The van der Waals surface area contributed by atoms with Crippen molar-refractivity contribution in [3.63, 3.8) is 0 Å². The number of pyridine rings is 1. The zero-order valence-corrected chi connectivity index (χ0v) is 17.6. The predicted octanol–water partition coefficient (Wildman–Crippen LogP) is 4.91. The molecule has 7 heteroatoms. The average Bonchev–Trinajstić information content (AvgIpc) is 3.53. The first-order valence-corrected chi connectivity index (χ1v) is 11.0. The second kappa shape index (κ2) is 8.57. The third-order valence-corrected chi connectivity index (χ3v) is 6.03. The zero-order chi connectivity index (χ0) is 21.0. The van der Waals surface area contributed by atoms with Gasteiger partial charge in [-0.1, -0.05) is 6.07 Å². The van der Waals surface area contributed by atoms with Gasteiger partial charge in [-0.25, -0.2) is 4.98 Å². The number of hydrogen-bond acceptors (Lipinski definition) is 4. The predicted molar refractivity (Wildman–Crippen MR) is 124 cm³/mol. The Morgan fingerprint density at radius 2 is 1.97 bits per heavy atom. The van der Waals surface area contributed by atoms with Gasteiger partial charge in [0.15, 0.2) is 5.13 Å². The number of hydrogen-bond donors (Lipinski definition) is 2. The number of nitrogens with zero attached hydrogens (tertiary/aromatic N) is 3. The van der Waals surface area contributed by atoms with E-state index in [1.54, 1.807) is 12.4 Å². The van der Waals surface area contributed by atoms with Crippen LogP contribution in [0.15, 0.2) is 78.7 Å². The summed E-state index contributed by atoms with van der Waals surface area (Å²) in [5.41, 5.74) is 5.11. The number of amides is 1. The molecule has 0 atom stereocenters. The Labute approximate surface area is 183 Å². The number of thiazole rings is 1. The third kappa shape index (κ3) is 4.41. The Hall–Kier alpha value is -3.71. The lowest BCUT2D eigenvalue weighted by atomic mass is 10.1. The molecule has 0 saturated carbocycles. The molecule has 0 bridgehead atoms. The lowest BCUT2D eigenvalue weighted by Crippen LogP contribution is -2.17. The molecule has 0 radical (unpaired) electrons. The van der Waals surface area contributed by atoms with Crippen LogP contribution in [0.1, 0.15) is 27.3 Å². The van der Waals surface area contributed by atoms with Gasteiger partial charge in [0.2, 0.25) is 0 Å². The molecule has 31 heavy (non-hydrogen) atoms. The Morgan fingerprint density at radius 3 is 2.87 bits per heavy atom. The summed E-state index contributed by atoms with van der Waals surface area (Å²) in [5, 5.41) is 6.80. The van der Waals surface area contributed by atoms with Crippen LogP contribution in [0.2, 0.25) is 0 Å². The fraction of sp³-hybridized carbons (Fsp3) is 0.125. The first-order chi connectivity index (χ1) is 15.2. The molecule has 0 unspecified atom stereocenters. The SMILES string of the molecule is O=C(Nc1nc(CCc2ccc3[nH]ccc3c2)cs1)c1cccn1Cc1ccncc1. The molecule has 5 aromatic rings. The van der Waals surface area contributed by atoms with Crippen molar-refractivity contribution in [2.24, 2.45) is 0 Å². The van der Waals surface area contributed by atoms with Gasteiger partial charge in [0, 0.05) is 42.2 Å². The number of carbonyl (C=O) groups is 1. The minimum Gasteiger partial charge on any atom is -0.361 e. The average molecular weight is 428 g/mol. The molecule has 1 amide bonds. The van der Waals surface area contributed by atoms with Gasteiger partial charge in [-0.05, 0) is 71.8 Å². The van der Waals surface area contributed by atoms with Crippen molar-refractivity contribution < 1.29 is 4.79 Å². The van der Waals surface area contributed by atoms with E-state index >= 15 is 0 Å². The van der Waals surface area contributed by atoms with Crippen LogP contribution in [0.4, 0.5) is 5.13 Å². The maximum Gasteiger partial charge on any atom is 0.274 e. The highest BCUT2D eigenvalue weighted by Crippen LogP contribution is 2.20. The molecule has 154 valence electrons. The molecule has 6 nitrogen and oxygen atoms in total. The van der Waals surface area contributed by atoms with Gasteiger partial charge in [0.25, 0.3) is 5.91 Å². The molecule has 0 fully saturated rings. The van der Waals surface area contributed by atoms with E-state index in [0.717, 1.165) is 29.6 Å². The normalized spacial score (nSPS) is 11.1. The Kier molecular flexibility index (Phi) is 5.33. The van der Waals surface area contributed by atoms with Gasteiger partial charge in [0.1, 0.15) is 5.69 Å². The molecular formula is C24H21N5OS. The van der Waals surface area contributed by atoms with E-state index in [1.807, 2.05) is 46.6 Å². The number of anilines is 1. The van der Waals surface area contributed by atoms with Crippen molar-refractivity contribution in [1.82, 2.24) is 19.5 Å². The standard InChI is InChI=1S/C24H21N5OS/c30-23(22-2-1-13-29(22)15-18-7-10-25-11-8-18)28-24-27-20(16-31-24)5-3-17-4-6-21-19(14-17)9-12-26-21/h1-2,4,6-14,16,26H,3,5,15H2,(H,27,28,30). The summed E-state index contributed by atoms with van der Waals surface area (Å²) < 4.78 is 1.93. The van der Waals surface area contributed by atoms with E-state index in [-0.39, 0.29) is 5.91 Å². The number of rotatable bonds is 7. The highest BCUT2D eigenvalue weighted by atomic mass is 32.1. The van der Waals surface area contributed by atoms with Crippen molar-refractivity contribution in [3.05, 3.63) is 101 Å². The van der Waals surface area contributed by atoms with E-state index in [9.17, 15) is 4.79 Å². The summed E-state index contributed by atoms with van der Waals surface area (Å²) in [6, 6.07) is 16.1. The summed E-state index contributed by atoms with van der Waals surface area (Å²) in [7, 11) is 0. The number of nitrogens with one attached hydrogen (secondary N) is 2. The van der Waals surface area contributed by atoms with Gasteiger partial charge in [-0.3, -0.25) is 15.1 Å². The van der Waals surface area contributed by atoms with Crippen LogP contribution in [0.25, 0.3) is 10.9 Å². The molecular weight excluding hydrogens is 406 g/mol. The topological polar surface area (TPSA) is 75.6 Å². The van der Waals surface area contributed by atoms with Crippen molar-refractivity contribution in [2.45, 2.75) is 19.4 Å². The Morgan fingerprint density at radius 1 is 1.06 bits per heavy atom. The van der Waals surface area contributed by atoms with E-state index in [2.05, 4.69) is 44.5 Å². The molecule has 4 heterocycles. The van der Waals surface area contributed by atoms with E-state index in [0.29, 0.717) is 17.4 Å². The number of fused-ring (bicyclic) bond motifs is 1. The van der Waals surface area contributed by atoms with Gasteiger partial charge < -0.3 is 9.55 Å². The molecule has 0 aliphatic heterocycles. The fourth-order valence-electron chi connectivity index (χ4n) is 3.61. The summed E-state index contributed by atoms with van der Waals surface area (Å²) >= 11 is 1.46. The van der Waals surface area contributed by atoms with Gasteiger partial charge in [-0.15, -0.1) is 11.3 Å². The van der Waals surface area contributed by atoms with Crippen LogP contribution in [0, 0.1) is 0 Å². The maximum absolute atomic E-state index is 12.8. The van der Waals surface area contributed by atoms with Crippen LogP contribution in [-0.4, -0.2) is 25.4 Å². The number of carbonyl (C=O) groups excluding carboxylic acids is 1. The largest absolute Gasteiger partial charge is 0.361 e. The smallest absolute Gasteiger partial charge is 0.274 e. The number of aromatic amines is 1. The van der Waals surface area contributed by atoms with Crippen LogP contribution < -0.4 is 5.32 Å². The Bertz CT molecular complexity index is 1320. The van der Waals surface area contributed by atoms with E-state index in [1.165, 1.54) is 22.3 Å². The maximum atomic E-state index is 12.8. The van der Waals surface area contributed by atoms with Gasteiger partial charge in [-0.2, -0.15) is 0 Å². The zero-order valence-electron chi connectivity index (χ0n) is 16.8. The first kappa shape index (κ1) is 19.3. The lowest BCUT2D eigenvalue weighted by molar-refractivity contribution is 0.101. The van der Waals surface area contributed by atoms with E-state index in [4.69, 9.17) is 0 Å². The highest BCUT2D eigenvalue weighted by molar-refractivity contribution is 7.14. The van der Waals surface area contributed by atoms with Crippen molar-refractivity contribution in [1.29, 1.82) is 0 Å². The highest BCUT2D eigenvalue weighted by Gasteiger charge is 2.13. The molecule has 0 aliphatic carbocycles. The fourth-order valence-corrected chi connectivity index (χ4v) is 4.35. The van der Waals surface area contributed by atoms with Crippen LogP contribution in [-0.2, 0) is 19.4 Å². The number of benzene rings is 1. The van der Waals surface area contributed by atoms with Crippen molar-refractivity contribution in [3.8, 4) is 0 Å². The number of aryl methyl sites for hydroxylation is 2. The van der Waals surface area contributed by atoms with Crippen LogP contribution >= 0.6 is 11.3 Å². The summed E-state index contributed by atoms with van der Waals surface area (Å²) in [4.78, 5) is 24.7. The number of aromatic nitrogens is 4.